The Labute approximate surface area is 222 Å². The van der Waals surface area contributed by atoms with Gasteiger partial charge in [0.15, 0.2) is 0 Å². The van der Waals surface area contributed by atoms with Crippen LogP contribution in [0.3, 0.4) is 0 Å². The van der Waals surface area contributed by atoms with Gasteiger partial charge in [-0.25, -0.2) is 4.39 Å². The standard InChI is InChI=1S/C28H35FN6O3/c29-21-7-3-19(4-8-21)24-18-26(24)30-13-1-2-25(28(38)34-15-11-23(36)12-16-34)32-27(37)20-5-9-22(10-6-20)35-17-14-31-33-35/h3-10,14,17,23-26,30-31,33,36H,1-2,11-13,15-16,18H2,(H,32,37)/t24-,25-,26?/m0/s1. The fourth-order valence-corrected chi connectivity index (χ4v) is 5.08. The SMILES string of the molecule is O=C(N[C@@H](CCCNC1C[C@H]1c1ccc(F)cc1)C(=O)N1CCC(O)CC1)c1ccc(N2C=CNN2)cc1. The Morgan fingerprint density at radius 3 is 2.50 bits per heavy atom. The minimum atomic E-state index is -0.640. The van der Waals surface area contributed by atoms with Crippen molar-refractivity contribution in [1.29, 1.82) is 0 Å². The van der Waals surface area contributed by atoms with E-state index >= 15 is 0 Å². The summed E-state index contributed by atoms with van der Waals surface area (Å²) in [5.41, 5.74) is 8.30. The largest absolute Gasteiger partial charge is 0.393 e. The summed E-state index contributed by atoms with van der Waals surface area (Å²) >= 11 is 0. The van der Waals surface area contributed by atoms with Gasteiger partial charge in [0.05, 0.1) is 11.8 Å². The first-order valence-electron chi connectivity index (χ1n) is 13.3. The van der Waals surface area contributed by atoms with E-state index in [1.807, 2.05) is 30.5 Å². The molecule has 1 unspecified atom stereocenters. The number of anilines is 1. The summed E-state index contributed by atoms with van der Waals surface area (Å²) in [5.74, 6) is -0.233. The quantitative estimate of drug-likeness (QED) is 0.304. The molecule has 5 rings (SSSR count). The van der Waals surface area contributed by atoms with Gasteiger partial charge in [-0.15, -0.1) is 5.53 Å². The lowest BCUT2D eigenvalue weighted by Gasteiger charge is -2.32. The van der Waals surface area contributed by atoms with E-state index in [0.29, 0.717) is 49.9 Å². The fourth-order valence-electron chi connectivity index (χ4n) is 5.08. The van der Waals surface area contributed by atoms with E-state index in [4.69, 9.17) is 0 Å². The van der Waals surface area contributed by atoms with Crippen LogP contribution in [0.1, 0.15) is 53.9 Å². The predicted octanol–water partition coefficient (Wildman–Crippen LogP) is 2.13. The number of halogens is 1. The van der Waals surface area contributed by atoms with Gasteiger partial charge >= 0.3 is 0 Å². The number of piperidine rings is 1. The molecular formula is C28H35FN6O3. The average molecular weight is 523 g/mol. The van der Waals surface area contributed by atoms with Crippen LogP contribution in [0.25, 0.3) is 0 Å². The van der Waals surface area contributed by atoms with Crippen LogP contribution in [0.2, 0.25) is 0 Å². The Kier molecular flexibility index (Phi) is 8.21. The predicted molar refractivity (Wildman–Crippen MR) is 142 cm³/mol. The van der Waals surface area contributed by atoms with Crippen LogP contribution in [0, 0.1) is 5.82 Å². The molecule has 2 aliphatic heterocycles. The lowest BCUT2D eigenvalue weighted by atomic mass is 10.0. The Balaban J connectivity index is 1.15. The summed E-state index contributed by atoms with van der Waals surface area (Å²) in [6.45, 7) is 1.70. The average Bonchev–Trinajstić information content (AvgIpc) is 3.49. The number of carbonyl (C=O) groups excluding carboxylic acids is 2. The number of nitrogens with one attached hydrogen (secondary N) is 4. The van der Waals surface area contributed by atoms with E-state index in [-0.39, 0.29) is 23.7 Å². The Morgan fingerprint density at radius 1 is 1.08 bits per heavy atom. The number of rotatable bonds is 10. The summed E-state index contributed by atoms with van der Waals surface area (Å²) in [6, 6.07) is 13.5. The van der Waals surface area contributed by atoms with E-state index in [1.54, 1.807) is 28.2 Å². The molecule has 2 aromatic carbocycles. The first-order valence-corrected chi connectivity index (χ1v) is 13.3. The van der Waals surface area contributed by atoms with Crippen molar-refractivity contribution in [1.82, 2.24) is 26.5 Å². The van der Waals surface area contributed by atoms with Crippen molar-refractivity contribution >= 4 is 17.5 Å². The Bertz CT molecular complexity index is 1130. The summed E-state index contributed by atoms with van der Waals surface area (Å²) < 4.78 is 13.2. The normalized spacial score (nSPS) is 21.7. The number of aliphatic hydroxyl groups excluding tert-OH is 1. The molecule has 9 nitrogen and oxygen atoms in total. The molecule has 1 saturated carbocycles. The first kappa shape index (κ1) is 26.1. The van der Waals surface area contributed by atoms with Gasteiger partial charge in [0, 0.05) is 43.0 Å². The van der Waals surface area contributed by atoms with Gasteiger partial charge in [0.25, 0.3) is 5.91 Å². The number of nitrogens with zero attached hydrogens (tertiary/aromatic N) is 2. The number of hydrogen-bond acceptors (Lipinski definition) is 7. The van der Waals surface area contributed by atoms with Crippen molar-refractivity contribution in [2.24, 2.45) is 0 Å². The van der Waals surface area contributed by atoms with E-state index in [2.05, 4.69) is 21.6 Å². The van der Waals surface area contributed by atoms with E-state index in [0.717, 1.165) is 30.6 Å². The van der Waals surface area contributed by atoms with Gasteiger partial charge in [-0.2, -0.15) is 0 Å². The molecule has 0 spiro atoms. The number of benzene rings is 2. The summed E-state index contributed by atoms with van der Waals surface area (Å²) in [6.07, 6.45) is 6.56. The lowest BCUT2D eigenvalue weighted by molar-refractivity contribution is -0.135. The zero-order valence-corrected chi connectivity index (χ0v) is 21.3. The number of hydrazine groups is 2. The number of amides is 2. The molecule has 3 aliphatic rings. The highest BCUT2D eigenvalue weighted by atomic mass is 19.1. The van der Waals surface area contributed by atoms with Crippen LogP contribution >= 0.6 is 0 Å². The molecule has 2 amide bonds. The maximum absolute atomic E-state index is 13.4. The van der Waals surface area contributed by atoms with Crippen LogP contribution in [-0.2, 0) is 4.79 Å². The molecule has 202 valence electrons. The van der Waals surface area contributed by atoms with Crippen LogP contribution in [0.15, 0.2) is 60.9 Å². The third kappa shape index (κ3) is 6.50. The molecule has 2 aromatic rings. The molecule has 10 heteroatoms. The molecule has 0 radical (unpaired) electrons. The molecule has 0 bridgehead atoms. The van der Waals surface area contributed by atoms with Crippen LogP contribution in [0.5, 0.6) is 0 Å². The van der Waals surface area contributed by atoms with Gasteiger partial charge in [-0.3, -0.25) is 14.6 Å². The summed E-state index contributed by atoms with van der Waals surface area (Å²) in [4.78, 5) is 28.2. The van der Waals surface area contributed by atoms with Gasteiger partial charge in [0.2, 0.25) is 5.91 Å². The highest BCUT2D eigenvalue weighted by Crippen LogP contribution is 2.40. The van der Waals surface area contributed by atoms with Crippen LogP contribution < -0.4 is 26.6 Å². The third-order valence-electron chi connectivity index (χ3n) is 7.44. The van der Waals surface area contributed by atoms with Crippen molar-refractivity contribution < 1.29 is 19.1 Å². The molecule has 0 aromatic heterocycles. The highest BCUT2D eigenvalue weighted by Gasteiger charge is 2.37. The lowest BCUT2D eigenvalue weighted by Crippen LogP contribution is -2.51. The second kappa shape index (κ2) is 11.9. The minimum absolute atomic E-state index is 0.102. The second-order valence-corrected chi connectivity index (χ2v) is 10.2. The number of likely N-dealkylation sites (tertiary alicyclic amines) is 1. The molecule has 2 heterocycles. The maximum atomic E-state index is 13.4. The second-order valence-electron chi connectivity index (χ2n) is 10.2. The topological polar surface area (TPSA) is 109 Å². The van der Waals surface area contributed by atoms with Gasteiger partial charge in [0.1, 0.15) is 11.9 Å². The number of carbonyl (C=O) groups is 2. The zero-order chi connectivity index (χ0) is 26.5. The van der Waals surface area contributed by atoms with Crippen LogP contribution in [0.4, 0.5) is 10.1 Å². The maximum Gasteiger partial charge on any atom is 0.251 e. The molecule has 38 heavy (non-hydrogen) atoms. The van der Waals surface area contributed by atoms with Gasteiger partial charge < -0.3 is 26.1 Å². The molecule has 3 atom stereocenters. The summed E-state index contributed by atoms with van der Waals surface area (Å²) in [7, 11) is 0. The van der Waals surface area contributed by atoms with Crippen molar-refractivity contribution in [2.75, 3.05) is 24.6 Å². The van der Waals surface area contributed by atoms with Crippen molar-refractivity contribution in [3.63, 3.8) is 0 Å². The van der Waals surface area contributed by atoms with Crippen molar-refractivity contribution in [3.05, 3.63) is 77.9 Å². The molecule has 1 saturated heterocycles. The Hall–Kier alpha value is -3.47. The first-order chi connectivity index (χ1) is 18.5. The van der Waals surface area contributed by atoms with E-state index in [1.165, 1.54) is 12.1 Å². The summed E-state index contributed by atoms with van der Waals surface area (Å²) in [5, 5.41) is 18.1. The molecule has 1 aliphatic carbocycles. The third-order valence-corrected chi connectivity index (χ3v) is 7.44. The molecular weight excluding hydrogens is 487 g/mol. The van der Waals surface area contributed by atoms with Crippen LogP contribution in [-0.4, -0.2) is 59.6 Å². The van der Waals surface area contributed by atoms with Gasteiger partial charge in [-0.05, 0) is 80.6 Å². The number of aliphatic hydroxyl groups is 1. The van der Waals surface area contributed by atoms with E-state index in [9.17, 15) is 19.1 Å². The zero-order valence-electron chi connectivity index (χ0n) is 21.3. The number of hydrogen-bond donors (Lipinski definition) is 5. The van der Waals surface area contributed by atoms with Crippen molar-refractivity contribution in [2.45, 2.75) is 56.2 Å². The Morgan fingerprint density at radius 2 is 1.82 bits per heavy atom. The molecule has 5 N–H and O–H groups in total. The van der Waals surface area contributed by atoms with Crippen molar-refractivity contribution in [3.8, 4) is 0 Å². The van der Waals surface area contributed by atoms with Gasteiger partial charge in [-0.1, -0.05) is 12.1 Å². The monoisotopic (exact) mass is 522 g/mol. The molecule has 2 fully saturated rings. The van der Waals surface area contributed by atoms with E-state index < -0.39 is 6.04 Å². The smallest absolute Gasteiger partial charge is 0.251 e. The fraction of sp³-hybridized carbons (Fsp3) is 0.429. The minimum Gasteiger partial charge on any atom is -0.393 e. The highest BCUT2D eigenvalue weighted by molar-refractivity contribution is 5.97.